The largest absolute Gasteiger partial charge is 0.476 e. The molecule has 120 valence electrons. The molecule has 0 aliphatic heterocycles. The monoisotopic (exact) mass is 295 g/mol. The predicted molar refractivity (Wildman–Crippen MR) is 87.9 cm³/mol. The Morgan fingerprint density at radius 3 is 2.48 bits per heavy atom. The smallest absolute Gasteiger partial charge is 0.242 e. The van der Waals surface area contributed by atoms with Crippen LogP contribution in [0.25, 0.3) is 0 Å². The minimum atomic E-state index is 0.468. The Morgan fingerprint density at radius 2 is 1.86 bits per heavy atom. The van der Waals surface area contributed by atoms with Crippen LogP contribution < -0.4 is 15.8 Å². The molecule has 0 unspecified atom stereocenters. The van der Waals surface area contributed by atoms with E-state index in [1.165, 1.54) is 0 Å². The van der Waals surface area contributed by atoms with Gasteiger partial charge in [-0.15, -0.1) is 0 Å². The molecule has 0 bridgehead atoms. The van der Waals surface area contributed by atoms with E-state index in [0.29, 0.717) is 29.8 Å². The Hall–Kier alpha value is -1.56. The summed E-state index contributed by atoms with van der Waals surface area (Å²) >= 11 is 0. The molecule has 0 saturated carbocycles. The maximum absolute atomic E-state index is 6.02. The van der Waals surface area contributed by atoms with Gasteiger partial charge in [0.25, 0.3) is 0 Å². The number of nitrogens with two attached hydrogens (primary N) is 1. The van der Waals surface area contributed by atoms with Crippen LogP contribution in [0.5, 0.6) is 5.88 Å². The molecule has 0 atom stereocenters. The van der Waals surface area contributed by atoms with Crippen molar-refractivity contribution in [2.45, 2.75) is 40.5 Å². The minimum Gasteiger partial charge on any atom is -0.476 e. The minimum absolute atomic E-state index is 0.468. The molecule has 21 heavy (non-hydrogen) atoms. The van der Waals surface area contributed by atoms with Crippen molar-refractivity contribution in [2.75, 3.05) is 43.8 Å². The van der Waals surface area contributed by atoms with Gasteiger partial charge in [-0.1, -0.05) is 13.8 Å². The molecule has 0 radical (unpaired) electrons. The number of nitrogens with one attached hydrogen (secondary N) is 1. The van der Waals surface area contributed by atoms with E-state index in [9.17, 15) is 0 Å². The van der Waals surface area contributed by atoms with Crippen LogP contribution in [-0.2, 0) is 0 Å². The summed E-state index contributed by atoms with van der Waals surface area (Å²) in [5.41, 5.74) is 6.52. The van der Waals surface area contributed by atoms with Gasteiger partial charge in [0.1, 0.15) is 11.5 Å². The predicted octanol–water partition coefficient (Wildman–Crippen LogP) is 2.30. The molecule has 0 saturated heterocycles. The van der Waals surface area contributed by atoms with Crippen molar-refractivity contribution in [3.05, 3.63) is 5.82 Å². The second-order valence-electron chi connectivity index (χ2n) is 4.93. The molecule has 1 aromatic heterocycles. The maximum Gasteiger partial charge on any atom is 0.242 e. The first kappa shape index (κ1) is 17.5. The van der Waals surface area contributed by atoms with E-state index >= 15 is 0 Å². The molecule has 6 heteroatoms. The number of hydrogen-bond acceptors (Lipinski definition) is 6. The average molecular weight is 295 g/mol. The van der Waals surface area contributed by atoms with Crippen LogP contribution in [0.2, 0.25) is 0 Å². The molecule has 6 nitrogen and oxygen atoms in total. The van der Waals surface area contributed by atoms with Gasteiger partial charge in [-0.05, 0) is 46.3 Å². The van der Waals surface area contributed by atoms with Crippen molar-refractivity contribution in [1.29, 1.82) is 0 Å². The Morgan fingerprint density at radius 1 is 1.14 bits per heavy atom. The van der Waals surface area contributed by atoms with E-state index in [1.54, 1.807) is 0 Å². The maximum atomic E-state index is 6.02. The number of nitrogens with zero attached hydrogens (tertiary/aromatic N) is 3. The lowest BCUT2D eigenvalue weighted by Crippen LogP contribution is -2.24. The summed E-state index contributed by atoms with van der Waals surface area (Å²) < 4.78 is 5.42. The zero-order valence-electron chi connectivity index (χ0n) is 13.8. The Balaban J connectivity index is 2.45. The number of unbranched alkanes of at least 4 members (excludes halogenated alkanes) is 1. The lowest BCUT2D eigenvalue weighted by atomic mass is 10.3. The molecule has 0 fully saturated rings. The highest BCUT2D eigenvalue weighted by molar-refractivity contribution is 5.66. The van der Waals surface area contributed by atoms with Gasteiger partial charge in [0, 0.05) is 6.54 Å². The molecule has 1 heterocycles. The molecule has 0 amide bonds. The van der Waals surface area contributed by atoms with E-state index in [4.69, 9.17) is 10.5 Å². The molecule has 0 aliphatic carbocycles. The summed E-state index contributed by atoms with van der Waals surface area (Å²) in [5, 5.41) is 3.29. The molecule has 3 N–H and O–H groups in total. The summed E-state index contributed by atoms with van der Waals surface area (Å²) in [4.78, 5) is 11.0. The number of aromatic nitrogens is 2. The van der Waals surface area contributed by atoms with Gasteiger partial charge in [-0.2, -0.15) is 4.98 Å². The van der Waals surface area contributed by atoms with Crippen LogP contribution in [0, 0.1) is 6.92 Å². The summed E-state index contributed by atoms with van der Waals surface area (Å²) in [6.07, 6.45) is 2.25. The summed E-state index contributed by atoms with van der Waals surface area (Å²) in [6, 6.07) is 0. The molecular formula is C15H29N5O. The van der Waals surface area contributed by atoms with Crippen LogP contribution in [0.3, 0.4) is 0 Å². The second-order valence-corrected chi connectivity index (χ2v) is 4.93. The number of hydrogen-bond donors (Lipinski definition) is 2. The molecule has 0 aliphatic rings. The fourth-order valence-corrected chi connectivity index (χ4v) is 2.14. The fourth-order valence-electron chi connectivity index (χ4n) is 2.14. The van der Waals surface area contributed by atoms with E-state index in [2.05, 4.69) is 34.0 Å². The third-order valence-corrected chi connectivity index (χ3v) is 3.39. The molecular weight excluding hydrogens is 266 g/mol. The van der Waals surface area contributed by atoms with Crippen LogP contribution in [-0.4, -0.2) is 47.7 Å². The number of nitrogen functional groups attached to an aromatic ring is 1. The lowest BCUT2D eigenvalue weighted by molar-refractivity contribution is 0.298. The Kier molecular flexibility index (Phi) is 7.82. The van der Waals surface area contributed by atoms with Crippen LogP contribution >= 0.6 is 0 Å². The van der Waals surface area contributed by atoms with E-state index < -0.39 is 0 Å². The average Bonchev–Trinajstić information content (AvgIpc) is 2.47. The number of rotatable bonds is 10. The van der Waals surface area contributed by atoms with Gasteiger partial charge in [0.05, 0.1) is 6.61 Å². The number of anilines is 2. The van der Waals surface area contributed by atoms with Crippen molar-refractivity contribution in [1.82, 2.24) is 14.9 Å². The number of aryl methyl sites for hydroxylation is 1. The summed E-state index contributed by atoms with van der Waals surface area (Å²) in [6.45, 7) is 12.9. The quantitative estimate of drug-likeness (QED) is 0.645. The van der Waals surface area contributed by atoms with Crippen molar-refractivity contribution in [2.24, 2.45) is 0 Å². The first-order valence-electron chi connectivity index (χ1n) is 7.85. The highest BCUT2D eigenvalue weighted by Gasteiger charge is 2.10. The molecule has 0 aromatic carbocycles. The van der Waals surface area contributed by atoms with Crippen molar-refractivity contribution in [3.8, 4) is 5.88 Å². The highest BCUT2D eigenvalue weighted by Crippen LogP contribution is 2.25. The van der Waals surface area contributed by atoms with Gasteiger partial charge in [0.2, 0.25) is 5.88 Å². The molecule has 1 aromatic rings. The summed E-state index contributed by atoms with van der Waals surface area (Å²) in [7, 11) is 0. The third-order valence-electron chi connectivity index (χ3n) is 3.39. The van der Waals surface area contributed by atoms with Crippen molar-refractivity contribution in [3.63, 3.8) is 0 Å². The molecule has 1 rings (SSSR count). The van der Waals surface area contributed by atoms with E-state index in [1.807, 2.05) is 13.8 Å². The zero-order valence-corrected chi connectivity index (χ0v) is 13.8. The SMILES string of the molecule is CCOc1nc(C)nc(NCCCCN(CC)CC)c1N. The first-order valence-corrected chi connectivity index (χ1v) is 7.85. The van der Waals surface area contributed by atoms with Crippen LogP contribution in [0.1, 0.15) is 39.4 Å². The van der Waals surface area contributed by atoms with E-state index in [0.717, 1.165) is 39.0 Å². The number of ether oxygens (including phenoxy) is 1. The fraction of sp³-hybridized carbons (Fsp3) is 0.733. The topological polar surface area (TPSA) is 76.3 Å². The molecule has 0 spiro atoms. The van der Waals surface area contributed by atoms with Crippen molar-refractivity contribution < 1.29 is 4.74 Å². The normalized spacial score (nSPS) is 10.9. The van der Waals surface area contributed by atoms with Crippen LogP contribution in [0.4, 0.5) is 11.5 Å². The second kappa shape index (κ2) is 9.39. The van der Waals surface area contributed by atoms with Crippen LogP contribution in [0.15, 0.2) is 0 Å². The summed E-state index contributed by atoms with van der Waals surface area (Å²) in [5.74, 6) is 1.81. The third kappa shape index (κ3) is 5.75. The van der Waals surface area contributed by atoms with Gasteiger partial charge in [-0.3, -0.25) is 0 Å². The van der Waals surface area contributed by atoms with E-state index in [-0.39, 0.29) is 0 Å². The lowest BCUT2D eigenvalue weighted by Gasteiger charge is -2.17. The zero-order chi connectivity index (χ0) is 15.7. The standard InChI is InChI=1S/C15H29N5O/c1-5-20(6-2)11-9-8-10-17-14-13(16)15(21-7-3)19-12(4)18-14/h5-11,16H2,1-4H3,(H,17,18,19). The van der Waals surface area contributed by atoms with Gasteiger partial charge in [0.15, 0.2) is 5.82 Å². The van der Waals surface area contributed by atoms with Gasteiger partial charge in [-0.25, -0.2) is 4.98 Å². The van der Waals surface area contributed by atoms with Gasteiger partial charge >= 0.3 is 0 Å². The highest BCUT2D eigenvalue weighted by atomic mass is 16.5. The Labute approximate surface area is 128 Å². The Bertz CT molecular complexity index is 421. The van der Waals surface area contributed by atoms with Crippen molar-refractivity contribution >= 4 is 11.5 Å². The first-order chi connectivity index (χ1) is 10.1. The van der Waals surface area contributed by atoms with Gasteiger partial charge < -0.3 is 20.7 Å².